The minimum atomic E-state index is -0.527. The van der Waals surface area contributed by atoms with Crippen molar-refractivity contribution < 1.29 is 9.18 Å². The van der Waals surface area contributed by atoms with Crippen molar-refractivity contribution in [2.75, 3.05) is 0 Å². The van der Waals surface area contributed by atoms with E-state index in [0.717, 1.165) is 12.3 Å². The zero-order valence-corrected chi connectivity index (χ0v) is 9.70. The van der Waals surface area contributed by atoms with Crippen molar-refractivity contribution in [1.82, 2.24) is 5.01 Å². The highest BCUT2D eigenvalue weighted by atomic mass is 35.5. The van der Waals surface area contributed by atoms with Crippen molar-refractivity contribution in [2.24, 2.45) is 10.8 Å². The predicted molar refractivity (Wildman–Crippen MR) is 63.4 cm³/mol. The molecule has 0 unspecified atom stereocenters. The highest BCUT2D eigenvalue weighted by molar-refractivity contribution is 6.33. The van der Waals surface area contributed by atoms with Crippen LogP contribution in [0.3, 0.4) is 0 Å². The third-order valence-electron chi connectivity index (χ3n) is 1.80. The summed E-state index contributed by atoms with van der Waals surface area (Å²) in [7, 11) is 0. The van der Waals surface area contributed by atoms with Crippen molar-refractivity contribution >= 4 is 29.7 Å². The molecule has 0 saturated carbocycles. The highest BCUT2D eigenvalue weighted by Crippen LogP contribution is 2.15. The van der Waals surface area contributed by atoms with Crippen LogP contribution in [0.25, 0.3) is 0 Å². The number of amides is 1. The first kappa shape index (κ1) is 13.1. The maximum atomic E-state index is 12.9. The number of rotatable bonds is 2. The van der Waals surface area contributed by atoms with Crippen LogP contribution in [-0.2, 0) is 4.79 Å². The van der Waals surface area contributed by atoms with Crippen LogP contribution in [0.15, 0.2) is 23.3 Å². The van der Waals surface area contributed by atoms with Gasteiger partial charge in [0.25, 0.3) is 0 Å². The van der Waals surface area contributed by atoms with Crippen LogP contribution in [0.1, 0.15) is 12.5 Å². The summed E-state index contributed by atoms with van der Waals surface area (Å²) < 4.78 is 12.9. The molecule has 1 aromatic rings. The first-order chi connectivity index (χ1) is 7.91. The van der Waals surface area contributed by atoms with Crippen LogP contribution in [-0.4, -0.2) is 23.1 Å². The lowest BCUT2D eigenvalue weighted by atomic mass is 10.2. The average Bonchev–Trinajstić information content (AvgIpc) is 2.22. The van der Waals surface area contributed by atoms with Gasteiger partial charge in [-0.1, -0.05) is 11.6 Å². The topological polar surface area (TPSA) is 82.5 Å². The molecule has 0 aliphatic rings. The van der Waals surface area contributed by atoms with Gasteiger partial charge in [-0.05, 0) is 18.2 Å². The van der Waals surface area contributed by atoms with E-state index in [1.165, 1.54) is 19.1 Å². The van der Waals surface area contributed by atoms with Gasteiger partial charge in [0.05, 0.1) is 6.21 Å². The van der Waals surface area contributed by atoms with Crippen molar-refractivity contribution in [3.63, 3.8) is 0 Å². The third kappa shape index (κ3) is 3.53. The lowest BCUT2D eigenvalue weighted by Crippen LogP contribution is -2.35. The first-order valence-corrected chi connectivity index (χ1v) is 4.93. The zero-order valence-electron chi connectivity index (χ0n) is 8.95. The number of hydrogen-bond donors (Lipinski definition) is 2. The number of halogens is 2. The molecule has 5 nitrogen and oxygen atoms in total. The number of nitrogens with zero attached hydrogens (tertiary/aromatic N) is 2. The van der Waals surface area contributed by atoms with Gasteiger partial charge in [0, 0.05) is 17.5 Å². The molecule has 7 heteroatoms. The summed E-state index contributed by atoms with van der Waals surface area (Å²) in [5.41, 5.74) is 5.43. The molecule has 1 rings (SSSR count). The minimum Gasteiger partial charge on any atom is -0.368 e. The number of hydrazone groups is 1. The molecule has 90 valence electrons. The minimum absolute atomic E-state index is 0.280. The normalized spacial score (nSPS) is 10.5. The molecule has 0 saturated heterocycles. The second-order valence-electron chi connectivity index (χ2n) is 3.13. The van der Waals surface area contributed by atoms with Gasteiger partial charge < -0.3 is 5.73 Å². The van der Waals surface area contributed by atoms with Crippen LogP contribution < -0.4 is 5.73 Å². The van der Waals surface area contributed by atoms with E-state index in [1.54, 1.807) is 0 Å². The van der Waals surface area contributed by atoms with E-state index < -0.39 is 17.7 Å². The van der Waals surface area contributed by atoms with Gasteiger partial charge >= 0.3 is 0 Å². The summed E-state index contributed by atoms with van der Waals surface area (Å²) in [5, 5.41) is 11.7. The molecular formula is C10H10ClFN4O. The van der Waals surface area contributed by atoms with Gasteiger partial charge in [0.2, 0.25) is 11.9 Å². The van der Waals surface area contributed by atoms with E-state index in [4.69, 9.17) is 22.7 Å². The van der Waals surface area contributed by atoms with Crippen molar-refractivity contribution in [2.45, 2.75) is 6.92 Å². The smallest absolute Gasteiger partial charge is 0.246 e. The molecular weight excluding hydrogens is 247 g/mol. The van der Waals surface area contributed by atoms with E-state index in [1.807, 2.05) is 0 Å². The molecule has 0 heterocycles. The fraction of sp³-hybridized carbons (Fsp3) is 0.100. The van der Waals surface area contributed by atoms with Gasteiger partial charge in [-0.3, -0.25) is 10.2 Å². The second kappa shape index (κ2) is 5.40. The van der Waals surface area contributed by atoms with E-state index in [9.17, 15) is 9.18 Å². The van der Waals surface area contributed by atoms with E-state index in [0.29, 0.717) is 10.6 Å². The van der Waals surface area contributed by atoms with Gasteiger partial charge in [-0.2, -0.15) is 10.1 Å². The molecule has 0 bridgehead atoms. The lowest BCUT2D eigenvalue weighted by Gasteiger charge is -2.11. The van der Waals surface area contributed by atoms with Crippen LogP contribution in [0.5, 0.6) is 0 Å². The summed E-state index contributed by atoms with van der Waals surface area (Å²) in [5.74, 6) is -1.53. The first-order valence-electron chi connectivity index (χ1n) is 4.55. The van der Waals surface area contributed by atoms with E-state index >= 15 is 0 Å². The molecule has 3 N–H and O–H groups in total. The highest BCUT2D eigenvalue weighted by Gasteiger charge is 2.09. The molecule has 17 heavy (non-hydrogen) atoms. The van der Waals surface area contributed by atoms with E-state index in [2.05, 4.69) is 5.10 Å². The fourth-order valence-electron chi connectivity index (χ4n) is 1.05. The van der Waals surface area contributed by atoms with Gasteiger partial charge in [0.15, 0.2) is 0 Å². The molecule has 0 aliphatic heterocycles. The SMILES string of the molecule is CC(=O)N(/N=C/c1cc(F)ccc1Cl)C(=N)N. The Morgan fingerprint density at radius 1 is 1.65 bits per heavy atom. The lowest BCUT2D eigenvalue weighted by molar-refractivity contribution is -0.125. The number of nitrogens with one attached hydrogen (secondary N) is 1. The summed E-state index contributed by atoms with van der Waals surface area (Å²) >= 11 is 5.79. The zero-order chi connectivity index (χ0) is 13.0. The van der Waals surface area contributed by atoms with Crippen molar-refractivity contribution in [1.29, 1.82) is 5.41 Å². The van der Waals surface area contributed by atoms with Crippen molar-refractivity contribution in [3.05, 3.63) is 34.6 Å². The third-order valence-corrected chi connectivity index (χ3v) is 2.14. The summed E-state index contributed by atoms with van der Waals surface area (Å²) in [6.45, 7) is 1.20. The van der Waals surface area contributed by atoms with E-state index in [-0.39, 0.29) is 5.02 Å². The van der Waals surface area contributed by atoms with Crippen molar-refractivity contribution in [3.8, 4) is 0 Å². The Bertz CT molecular complexity index is 475. The largest absolute Gasteiger partial charge is 0.368 e. The molecule has 0 aromatic heterocycles. The standard InChI is InChI=1S/C10H10ClFN4O/c1-6(17)16(10(13)14)15-5-7-4-8(12)2-3-9(7)11/h2-5H,1H3,(H3,13,14)/b15-5+. The number of benzene rings is 1. The Labute approximate surface area is 102 Å². The summed E-state index contributed by atoms with van der Waals surface area (Å²) in [6.07, 6.45) is 1.16. The monoisotopic (exact) mass is 256 g/mol. The molecule has 0 aliphatic carbocycles. The summed E-state index contributed by atoms with van der Waals surface area (Å²) in [6, 6.07) is 3.72. The molecule has 0 fully saturated rings. The molecule has 1 aromatic carbocycles. The maximum Gasteiger partial charge on any atom is 0.246 e. The predicted octanol–water partition coefficient (Wildman–Crippen LogP) is 1.55. The van der Waals surface area contributed by atoms with Crippen LogP contribution in [0.2, 0.25) is 5.02 Å². The van der Waals surface area contributed by atoms with Crippen LogP contribution in [0.4, 0.5) is 4.39 Å². The molecule has 0 spiro atoms. The number of carbonyl (C=O) groups is 1. The van der Waals surface area contributed by atoms with Crippen LogP contribution in [0, 0.1) is 11.2 Å². The second-order valence-corrected chi connectivity index (χ2v) is 3.53. The quantitative estimate of drug-likeness (QED) is 0.478. The Kier molecular flexibility index (Phi) is 4.17. The number of carbonyl (C=O) groups excluding carboxylic acids is 1. The Morgan fingerprint density at radius 2 is 2.29 bits per heavy atom. The Balaban J connectivity index is 2.99. The number of hydrogen-bond acceptors (Lipinski definition) is 3. The number of guanidine groups is 1. The Morgan fingerprint density at radius 3 is 2.82 bits per heavy atom. The molecule has 0 atom stereocenters. The Hall–Kier alpha value is -1.95. The molecule has 0 radical (unpaired) electrons. The van der Waals surface area contributed by atoms with Gasteiger partial charge in [-0.25, -0.2) is 4.39 Å². The van der Waals surface area contributed by atoms with Gasteiger partial charge in [-0.15, -0.1) is 0 Å². The number of nitrogens with two attached hydrogens (primary N) is 1. The van der Waals surface area contributed by atoms with Gasteiger partial charge in [0.1, 0.15) is 5.82 Å². The summed E-state index contributed by atoms with van der Waals surface area (Å²) in [4.78, 5) is 11.0. The van der Waals surface area contributed by atoms with Crippen LogP contribution >= 0.6 is 11.6 Å². The fourth-order valence-corrected chi connectivity index (χ4v) is 1.21. The average molecular weight is 257 g/mol. The maximum absolute atomic E-state index is 12.9. The molecule has 1 amide bonds.